The highest BCUT2D eigenvalue weighted by Crippen LogP contribution is 2.21. The van der Waals surface area contributed by atoms with Crippen LogP contribution in [0.25, 0.3) is 23.1 Å². The largest absolute Gasteiger partial charge is 0.336 e. The molecule has 2 N–H and O–H groups in total. The maximum Gasteiger partial charge on any atom is 0.253 e. The Hall–Kier alpha value is -2.19. The first kappa shape index (κ1) is 17.2. The summed E-state index contributed by atoms with van der Waals surface area (Å²) in [5.74, 6) is 0.108. The summed E-state index contributed by atoms with van der Waals surface area (Å²) < 4.78 is 1.18. The number of benzene rings is 2. The van der Waals surface area contributed by atoms with E-state index >= 15 is 0 Å². The van der Waals surface area contributed by atoms with Gasteiger partial charge in [-0.1, -0.05) is 18.2 Å². The van der Waals surface area contributed by atoms with Crippen LogP contribution >= 0.6 is 22.6 Å². The number of nitrogens with zero attached hydrogens (tertiary/aromatic N) is 2. The van der Waals surface area contributed by atoms with Gasteiger partial charge in [0.25, 0.3) is 5.91 Å². The van der Waals surface area contributed by atoms with Crippen LogP contribution in [0, 0.1) is 3.57 Å². The first-order chi connectivity index (χ1) is 12.7. The summed E-state index contributed by atoms with van der Waals surface area (Å²) >= 11 is 2.30. The number of amides is 1. The number of fused-ring (bicyclic) bond motifs is 1. The number of carbonyl (C=O) groups excluding carboxylic acids is 1. The minimum Gasteiger partial charge on any atom is -0.336 e. The quantitative estimate of drug-likeness (QED) is 0.592. The van der Waals surface area contributed by atoms with Gasteiger partial charge in [-0.25, -0.2) is 0 Å². The standard InChI is InChI=1S/C20H19IN4O/c21-16-6-8-19-17(13-16)18(23-24-19)7-3-14-1-4-15(5-2-14)20(26)25-11-9-22-10-12-25/h1-8,13,22H,9-12H2,(H,23,24)/b7-3+. The van der Waals surface area contributed by atoms with Crippen molar-refractivity contribution in [2.75, 3.05) is 26.2 Å². The van der Waals surface area contributed by atoms with Crippen molar-refractivity contribution in [2.24, 2.45) is 0 Å². The van der Waals surface area contributed by atoms with Crippen molar-refractivity contribution in [1.29, 1.82) is 0 Å². The summed E-state index contributed by atoms with van der Waals surface area (Å²) in [7, 11) is 0. The number of aromatic amines is 1. The van der Waals surface area contributed by atoms with Gasteiger partial charge in [-0.2, -0.15) is 5.10 Å². The zero-order valence-corrected chi connectivity index (χ0v) is 16.4. The normalized spacial score (nSPS) is 15.0. The Bertz CT molecular complexity index is 956. The predicted molar refractivity (Wildman–Crippen MR) is 113 cm³/mol. The number of halogens is 1. The number of aromatic nitrogens is 2. The van der Waals surface area contributed by atoms with Gasteiger partial charge in [-0.3, -0.25) is 9.89 Å². The lowest BCUT2D eigenvalue weighted by molar-refractivity contribution is 0.0736. The molecule has 1 saturated heterocycles. The predicted octanol–water partition coefficient (Wildman–Crippen LogP) is 3.38. The van der Waals surface area contributed by atoms with Crippen LogP contribution in [0.2, 0.25) is 0 Å². The lowest BCUT2D eigenvalue weighted by Gasteiger charge is -2.27. The van der Waals surface area contributed by atoms with E-state index in [2.05, 4.69) is 44.2 Å². The molecule has 26 heavy (non-hydrogen) atoms. The number of carbonyl (C=O) groups is 1. The fraction of sp³-hybridized carbons (Fsp3) is 0.200. The maximum atomic E-state index is 12.5. The van der Waals surface area contributed by atoms with E-state index in [0.717, 1.165) is 53.9 Å². The summed E-state index contributed by atoms with van der Waals surface area (Å²) in [5, 5.41) is 11.8. The number of rotatable bonds is 3. The Kier molecular flexibility index (Phi) is 5.03. The molecule has 2 heterocycles. The fourth-order valence-electron chi connectivity index (χ4n) is 3.10. The molecular weight excluding hydrogens is 439 g/mol. The van der Waals surface area contributed by atoms with Gasteiger partial charge in [0, 0.05) is 40.7 Å². The average molecular weight is 458 g/mol. The molecule has 0 aliphatic carbocycles. The zero-order chi connectivity index (χ0) is 17.9. The number of piperazine rings is 1. The Morgan fingerprint density at radius 3 is 2.62 bits per heavy atom. The summed E-state index contributed by atoms with van der Waals surface area (Å²) in [6.07, 6.45) is 4.06. The van der Waals surface area contributed by atoms with E-state index in [9.17, 15) is 4.79 Å². The van der Waals surface area contributed by atoms with Crippen LogP contribution in [0.5, 0.6) is 0 Å². The lowest BCUT2D eigenvalue weighted by atomic mass is 10.1. The zero-order valence-electron chi connectivity index (χ0n) is 14.2. The monoisotopic (exact) mass is 458 g/mol. The highest BCUT2D eigenvalue weighted by Gasteiger charge is 2.17. The van der Waals surface area contributed by atoms with Crippen molar-refractivity contribution in [3.8, 4) is 0 Å². The summed E-state index contributed by atoms with van der Waals surface area (Å²) in [4.78, 5) is 14.4. The van der Waals surface area contributed by atoms with E-state index in [0.29, 0.717) is 0 Å². The third-order valence-electron chi connectivity index (χ3n) is 4.55. The van der Waals surface area contributed by atoms with Crippen molar-refractivity contribution in [1.82, 2.24) is 20.4 Å². The molecule has 0 saturated carbocycles. The molecule has 0 atom stereocenters. The van der Waals surface area contributed by atoms with Gasteiger partial charge in [0.05, 0.1) is 11.2 Å². The van der Waals surface area contributed by atoms with Gasteiger partial charge in [-0.05, 0) is 64.6 Å². The van der Waals surface area contributed by atoms with E-state index in [1.54, 1.807) is 0 Å². The first-order valence-electron chi connectivity index (χ1n) is 8.62. The van der Waals surface area contributed by atoms with Crippen molar-refractivity contribution in [2.45, 2.75) is 0 Å². The molecule has 6 heteroatoms. The Labute approximate surface area is 165 Å². The molecule has 2 aromatic carbocycles. The highest BCUT2D eigenvalue weighted by atomic mass is 127. The Morgan fingerprint density at radius 2 is 1.85 bits per heavy atom. The second-order valence-corrected chi connectivity index (χ2v) is 7.54. The second kappa shape index (κ2) is 7.59. The Balaban J connectivity index is 1.50. The molecule has 5 nitrogen and oxygen atoms in total. The molecule has 0 bridgehead atoms. The van der Waals surface area contributed by atoms with Crippen molar-refractivity contribution in [3.63, 3.8) is 0 Å². The smallest absolute Gasteiger partial charge is 0.253 e. The van der Waals surface area contributed by atoms with Crippen LogP contribution in [0.15, 0.2) is 42.5 Å². The van der Waals surface area contributed by atoms with Crippen LogP contribution in [-0.4, -0.2) is 47.2 Å². The molecule has 132 valence electrons. The molecule has 1 aromatic heterocycles. The molecular formula is C20H19IN4O. The molecule has 1 aliphatic heterocycles. The number of hydrogen-bond acceptors (Lipinski definition) is 3. The van der Waals surface area contributed by atoms with Gasteiger partial charge in [0.2, 0.25) is 0 Å². The van der Waals surface area contributed by atoms with E-state index in [1.165, 1.54) is 3.57 Å². The molecule has 1 amide bonds. The van der Waals surface area contributed by atoms with Crippen LogP contribution in [0.3, 0.4) is 0 Å². The van der Waals surface area contributed by atoms with Gasteiger partial charge >= 0.3 is 0 Å². The van der Waals surface area contributed by atoms with Crippen LogP contribution in [0.4, 0.5) is 0 Å². The van der Waals surface area contributed by atoms with E-state index < -0.39 is 0 Å². The number of H-pyrrole nitrogens is 1. The molecule has 1 fully saturated rings. The summed E-state index contributed by atoms with van der Waals surface area (Å²) in [5.41, 5.74) is 3.74. The topological polar surface area (TPSA) is 61.0 Å². The minimum atomic E-state index is 0.108. The van der Waals surface area contributed by atoms with E-state index in [-0.39, 0.29) is 5.91 Å². The molecule has 4 rings (SSSR count). The second-order valence-electron chi connectivity index (χ2n) is 6.30. The maximum absolute atomic E-state index is 12.5. The molecule has 0 spiro atoms. The molecule has 1 aliphatic rings. The summed E-state index contributed by atoms with van der Waals surface area (Å²) in [6, 6.07) is 13.9. The highest BCUT2D eigenvalue weighted by molar-refractivity contribution is 14.1. The lowest BCUT2D eigenvalue weighted by Crippen LogP contribution is -2.46. The van der Waals surface area contributed by atoms with Gasteiger partial charge in [0.15, 0.2) is 0 Å². The van der Waals surface area contributed by atoms with Gasteiger partial charge in [-0.15, -0.1) is 0 Å². The molecule has 0 radical (unpaired) electrons. The molecule has 3 aromatic rings. The van der Waals surface area contributed by atoms with Crippen molar-refractivity contribution < 1.29 is 4.79 Å². The van der Waals surface area contributed by atoms with Crippen LogP contribution in [-0.2, 0) is 0 Å². The van der Waals surface area contributed by atoms with Crippen molar-refractivity contribution in [3.05, 3.63) is 62.9 Å². The third-order valence-corrected chi connectivity index (χ3v) is 5.22. The Morgan fingerprint density at radius 1 is 1.08 bits per heavy atom. The first-order valence-corrected chi connectivity index (χ1v) is 9.70. The average Bonchev–Trinajstić information content (AvgIpc) is 3.09. The fourth-order valence-corrected chi connectivity index (χ4v) is 3.59. The minimum absolute atomic E-state index is 0.108. The summed E-state index contributed by atoms with van der Waals surface area (Å²) in [6.45, 7) is 3.27. The van der Waals surface area contributed by atoms with Crippen LogP contribution < -0.4 is 5.32 Å². The van der Waals surface area contributed by atoms with Crippen molar-refractivity contribution >= 4 is 51.6 Å². The number of hydrogen-bond donors (Lipinski definition) is 2. The SMILES string of the molecule is O=C(c1ccc(/C=C/c2[nH]nc3ccc(I)cc23)cc1)N1CCNCC1. The van der Waals surface area contributed by atoms with Gasteiger partial charge in [0.1, 0.15) is 0 Å². The van der Waals surface area contributed by atoms with Crippen LogP contribution in [0.1, 0.15) is 21.6 Å². The van der Waals surface area contributed by atoms with E-state index in [4.69, 9.17) is 0 Å². The molecule has 0 unspecified atom stereocenters. The van der Waals surface area contributed by atoms with E-state index in [1.807, 2.05) is 53.5 Å². The van der Waals surface area contributed by atoms with Gasteiger partial charge < -0.3 is 10.2 Å². The third kappa shape index (κ3) is 3.66. The number of nitrogens with one attached hydrogen (secondary N) is 2.